The number of pyridine rings is 1. The molecule has 1 saturated heterocycles. The van der Waals surface area contributed by atoms with Gasteiger partial charge in [0.15, 0.2) is 5.65 Å². The van der Waals surface area contributed by atoms with Crippen LogP contribution in [0.3, 0.4) is 0 Å². The van der Waals surface area contributed by atoms with E-state index in [-0.39, 0.29) is 0 Å². The summed E-state index contributed by atoms with van der Waals surface area (Å²) in [5.41, 5.74) is 4.34. The van der Waals surface area contributed by atoms with E-state index in [4.69, 9.17) is 9.72 Å². The Morgan fingerprint density at radius 2 is 1.87 bits per heavy atom. The molecule has 1 aliphatic heterocycles. The molecule has 1 saturated carbocycles. The van der Waals surface area contributed by atoms with E-state index in [0.29, 0.717) is 11.5 Å². The van der Waals surface area contributed by atoms with Crippen molar-refractivity contribution < 1.29 is 4.74 Å². The summed E-state index contributed by atoms with van der Waals surface area (Å²) in [7, 11) is 3.86. The van der Waals surface area contributed by atoms with Crippen LogP contribution in [-0.4, -0.2) is 43.8 Å². The molecule has 6 rings (SSSR count). The summed E-state index contributed by atoms with van der Waals surface area (Å²) in [4.78, 5) is 4.81. The highest BCUT2D eigenvalue weighted by Crippen LogP contribution is 2.48. The van der Waals surface area contributed by atoms with Crippen LogP contribution in [0, 0.1) is 5.41 Å². The number of hydrogen-bond acceptors (Lipinski definition) is 6. The van der Waals surface area contributed by atoms with Crippen molar-refractivity contribution in [3.05, 3.63) is 48.7 Å². The van der Waals surface area contributed by atoms with Crippen LogP contribution in [0.15, 0.2) is 48.7 Å². The standard InChI is InChI=1S/C23H25N7O/c1-29-21(9-18(28-29)15-6-4-3-5-7-15)26-20-8-19(17-12-24-30(2)22(17)27-20)25-16-10-23(11-16)13-31-14-23/h3-9,12,16H,10-11,13-14H2,1-2H3,(H2,25,26,27). The average Bonchev–Trinajstić information content (AvgIpc) is 3.27. The Morgan fingerprint density at radius 1 is 1.06 bits per heavy atom. The molecule has 1 aromatic carbocycles. The second-order valence-corrected chi connectivity index (χ2v) is 8.83. The second kappa shape index (κ2) is 6.81. The van der Waals surface area contributed by atoms with Crippen LogP contribution < -0.4 is 10.6 Å². The smallest absolute Gasteiger partial charge is 0.161 e. The molecule has 3 aromatic heterocycles. The molecule has 8 nitrogen and oxygen atoms in total. The molecule has 1 aliphatic carbocycles. The van der Waals surface area contributed by atoms with Gasteiger partial charge in [-0.2, -0.15) is 10.2 Å². The van der Waals surface area contributed by atoms with E-state index in [0.717, 1.165) is 65.7 Å². The Labute approximate surface area is 180 Å². The van der Waals surface area contributed by atoms with Gasteiger partial charge in [-0.1, -0.05) is 30.3 Å². The number of aromatic nitrogens is 5. The molecule has 158 valence electrons. The van der Waals surface area contributed by atoms with Gasteiger partial charge in [0.2, 0.25) is 0 Å². The van der Waals surface area contributed by atoms with Crippen molar-refractivity contribution in [2.45, 2.75) is 18.9 Å². The molecule has 2 aliphatic rings. The van der Waals surface area contributed by atoms with Gasteiger partial charge in [-0.05, 0) is 12.8 Å². The third kappa shape index (κ3) is 3.14. The lowest BCUT2D eigenvalue weighted by Crippen LogP contribution is -2.56. The summed E-state index contributed by atoms with van der Waals surface area (Å²) in [5, 5.41) is 17.3. The SMILES string of the molecule is Cn1nc(-c2ccccc2)cc1Nc1cc(NC2CC3(COC3)C2)c2cnn(C)c2n1. The molecule has 0 bridgehead atoms. The fraction of sp³-hybridized carbons (Fsp3) is 0.348. The van der Waals surface area contributed by atoms with Crippen molar-refractivity contribution in [2.75, 3.05) is 23.8 Å². The van der Waals surface area contributed by atoms with Gasteiger partial charge in [0.1, 0.15) is 11.6 Å². The number of anilines is 3. The number of benzene rings is 1. The highest BCUT2D eigenvalue weighted by atomic mass is 16.5. The summed E-state index contributed by atoms with van der Waals surface area (Å²) >= 11 is 0. The third-order valence-corrected chi connectivity index (χ3v) is 6.45. The predicted molar refractivity (Wildman–Crippen MR) is 120 cm³/mol. The number of ether oxygens (including phenoxy) is 1. The third-order valence-electron chi connectivity index (χ3n) is 6.45. The van der Waals surface area contributed by atoms with Crippen LogP contribution >= 0.6 is 0 Å². The first-order chi connectivity index (χ1) is 15.1. The average molecular weight is 416 g/mol. The summed E-state index contributed by atoms with van der Waals surface area (Å²) in [6.07, 6.45) is 4.19. The highest BCUT2D eigenvalue weighted by molar-refractivity contribution is 5.91. The maximum Gasteiger partial charge on any atom is 0.161 e. The summed E-state index contributed by atoms with van der Waals surface area (Å²) in [6, 6.07) is 14.8. The van der Waals surface area contributed by atoms with Crippen molar-refractivity contribution in [3.63, 3.8) is 0 Å². The lowest BCUT2D eigenvalue weighted by atomic mass is 9.64. The molecule has 0 amide bonds. The Morgan fingerprint density at radius 3 is 2.61 bits per heavy atom. The number of hydrogen-bond donors (Lipinski definition) is 2. The maximum absolute atomic E-state index is 5.41. The largest absolute Gasteiger partial charge is 0.382 e. The fourth-order valence-electron chi connectivity index (χ4n) is 4.70. The van der Waals surface area contributed by atoms with E-state index in [2.05, 4.69) is 39.0 Å². The molecule has 0 unspecified atom stereocenters. The van der Waals surface area contributed by atoms with Gasteiger partial charge >= 0.3 is 0 Å². The van der Waals surface area contributed by atoms with Crippen molar-refractivity contribution in [1.82, 2.24) is 24.5 Å². The zero-order chi connectivity index (χ0) is 21.0. The first-order valence-corrected chi connectivity index (χ1v) is 10.6. The van der Waals surface area contributed by atoms with Gasteiger partial charge in [-0.3, -0.25) is 9.36 Å². The Bertz CT molecular complexity index is 1250. The Hall–Kier alpha value is -3.39. The minimum absolute atomic E-state index is 0.419. The molecule has 8 heteroatoms. The van der Waals surface area contributed by atoms with E-state index >= 15 is 0 Å². The van der Waals surface area contributed by atoms with Gasteiger partial charge in [-0.15, -0.1) is 0 Å². The molecule has 1 spiro atoms. The minimum atomic E-state index is 0.419. The number of aryl methyl sites for hydroxylation is 2. The van der Waals surface area contributed by atoms with Crippen LogP contribution in [-0.2, 0) is 18.8 Å². The maximum atomic E-state index is 5.41. The van der Waals surface area contributed by atoms with E-state index in [1.165, 1.54) is 0 Å². The minimum Gasteiger partial charge on any atom is -0.382 e. The monoisotopic (exact) mass is 415 g/mol. The van der Waals surface area contributed by atoms with Crippen LogP contribution in [0.1, 0.15) is 12.8 Å². The van der Waals surface area contributed by atoms with Crippen molar-refractivity contribution in [1.29, 1.82) is 0 Å². The van der Waals surface area contributed by atoms with Gasteiger partial charge in [-0.25, -0.2) is 4.98 Å². The molecule has 0 radical (unpaired) electrons. The van der Waals surface area contributed by atoms with Crippen LogP contribution in [0.2, 0.25) is 0 Å². The predicted octanol–water partition coefficient (Wildman–Crippen LogP) is 3.70. The lowest BCUT2D eigenvalue weighted by Gasteiger charge is -2.53. The zero-order valence-corrected chi connectivity index (χ0v) is 17.7. The number of fused-ring (bicyclic) bond motifs is 1. The Balaban J connectivity index is 1.29. The summed E-state index contributed by atoms with van der Waals surface area (Å²) in [5.74, 6) is 1.65. The van der Waals surface area contributed by atoms with Gasteiger partial charge in [0.05, 0.1) is 36.2 Å². The number of nitrogens with zero attached hydrogens (tertiary/aromatic N) is 5. The van der Waals surface area contributed by atoms with Gasteiger partial charge in [0, 0.05) is 43.2 Å². The topological polar surface area (TPSA) is 81.8 Å². The van der Waals surface area contributed by atoms with Gasteiger partial charge < -0.3 is 15.4 Å². The molecule has 2 fully saturated rings. The van der Waals surface area contributed by atoms with Crippen molar-refractivity contribution >= 4 is 28.4 Å². The van der Waals surface area contributed by atoms with E-state index in [9.17, 15) is 0 Å². The van der Waals surface area contributed by atoms with Gasteiger partial charge in [0.25, 0.3) is 0 Å². The summed E-state index contributed by atoms with van der Waals surface area (Å²) < 4.78 is 9.07. The molecule has 31 heavy (non-hydrogen) atoms. The molecular weight excluding hydrogens is 390 g/mol. The van der Waals surface area contributed by atoms with Crippen LogP contribution in [0.25, 0.3) is 22.3 Å². The first kappa shape index (κ1) is 18.4. The first-order valence-electron chi connectivity index (χ1n) is 10.6. The number of rotatable bonds is 5. The second-order valence-electron chi connectivity index (χ2n) is 8.83. The van der Waals surface area contributed by atoms with E-state index < -0.39 is 0 Å². The van der Waals surface area contributed by atoms with E-state index in [1.807, 2.05) is 53.9 Å². The molecule has 4 aromatic rings. The normalized spacial score (nSPS) is 17.5. The fourth-order valence-corrected chi connectivity index (χ4v) is 4.70. The quantitative estimate of drug-likeness (QED) is 0.517. The van der Waals surface area contributed by atoms with Crippen LogP contribution in [0.4, 0.5) is 17.3 Å². The molecular formula is C23H25N7O. The molecule has 0 atom stereocenters. The number of nitrogens with one attached hydrogen (secondary N) is 2. The summed E-state index contributed by atoms with van der Waals surface area (Å²) in [6.45, 7) is 1.81. The lowest BCUT2D eigenvalue weighted by molar-refractivity contribution is -0.159. The Kier molecular flexibility index (Phi) is 4.04. The van der Waals surface area contributed by atoms with Crippen molar-refractivity contribution in [2.24, 2.45) is 19.5 Å². The highest BCUT2D eigenvalue weighted by Gasteiger charge is 2.49. The molecule has 2 N–H and O–H groups in total. The molecule has 4 heterocycles. The van der Waals surface area contributed by atoms with Crippen molar-refractivity contribution in [3.8, 4) is 11.3 Å². The zero-order valence-electron chi connectivity index (χ0n) is 17.7. The van der Waals surface area contributed by atoms with Crippen LogP contribution in [0.5, 0.6) is 0 Å². The van der Waals surface area contributed by atoms with E-state index in [1.54, 1.807) is 0 Å².